The molecular formula is C56H95NO13. The van der Waals surface area contributed by atoms with Crippen LogP contribution in [0, 0.1) is 88.8 Å². The molecule has 70 heavy (non-hydrogen) atoms. The monoisotopic (exact) mass is 990 g/mol. The van der Waals surface area contributed by atoms with E-state index in [4.69, 9.17) is 52.1 Å². The number of ether oxygens (including phenoxy) is 11. The SMILES string of the molecule is CC1[C@H](OCC2O[C@@H](OCC3O[C@@H](OCC4O[C@@H](OCC5O[C@@H](OCCCNC(=O)OCc6ccccc6)C(C)[C@@H](C)[C@@H]5C)C(C)[C@@H](C)[C@@H]4C)C(C)[C@@H](C)[C@@H]3C)C(C)[C@@H](C)[C@@H]2C)OC(CO)[C@@H](C)[C@@H]1C. The largest absolute Gasteiger partial charge is 0.445 e. The molecular weight excluding hydrogens is 895 g/mol. The lowest BCUT2D eigenvalue weighted by atomic mass is 9.78. The number of hydrogen-bond acceptors (Lipinski definition) is 13. The van der Waals surface area contributed by atoms with Crippen molar-refractivity contribution in [3.05, 3.63) is 35.9 Å². The van der Waals surface area contributed by atoms with E-state index in [0.717, 1.165) is 5.56 Å². The van der Waals surface area contributed by atoms with Crippen LogP contribution in [0.25, 0.3) is 0 Å². The molecule has 6 rings (SSSR count). The first-order valence-electron chi connectivity index (χ1n) is 27.2. The molecule has 1 aromatic rings. The van der Waals surface area contributed by atoms with E-state index in [0.29, 0.717) is 75.6 Å². The molecule has 10 unspecified atom stereocenters. The zero-order valence-electron chi connectivity index (χ0n) is 45.5. The van der Waals surface area contributed by atoms with E-state index >= 15 is 0 Å². The number of aliphatic hydroxyl groups is 1. The maximum Gasteiger partial charge on any atom is 0.407 e. The van der Waals surface area contributed by atoms with Gasteiger partial charge in [-0.25, -0.2) is 4.79 Å². The van der Waals surface area contributed by atoms with Crippen LogP contribution in [0.5, 0.6) is 0 Å². The van der Waals surface area contributed by atoms with Crippen LogP contribution < -0.4 is 5.32 Å². The molecule has 0 bridgehead atoms. The average molecular weight is 990 g/mol. The molecule has 5 fully saturated rings. The fourth-order valence-corrected chi connectivity index (χ4v) is 11.4. The first kappa shape index (κ1) is 57.3. The second kappa shape index (κ2) is 26.5. The molecule has 402 valence electrons. The predicted octanol–water partition coefficient (Wildman–Crippen LogP) is 9.54. The van der Waals surface area contributed by atoms with Gasteiger partial charge in [-0.05, 0) is 71.2 Å². The second-order valence-electron chi connectivity index (χ2n) is 22.8. The van der Waals surface area contributed by atoms with Crippen LogP contribution in [0.2, 0.25) is 0 Å². The van der Waals surface area contributed by atoms with Gasteiger partial charge in [0, 0.05) is 36.1 Å². The van der Waals surface area contributed by atoms with E-state index in [1.54, 1.807) is 0 Å². The predicted molar refractivity (Wildman–Crippen MR) is 267 cm³/mol. The first-order chi connectivity index (χ1) is 33.3. The Morgan fingerprint density at radius 1 is 0.443 bits per heavy atom. The summed E-state index contributed by atoms with van der Waals surface area (Å²) in [5.41, 5.74) is 0.945. The van der Waals surface area contributed by atoms with Gasteiger partial charge in [-0.1, -0.05) is 134 Å². The summed E-state index contributed by atoms with van der Waals surface area (Å²) in [4.78, 5) is 12.2. The molecule has 0 saturated carbocycles. The first-order valence-corrected chi connectivity index (χ1v) is 27.2. The number of amides is 1. The zero-order chi connectivity index (χ0) is 51.0. The summed E-state index contributed by atoms with van der Waals surface area (Å²) in [6, 6.07) is 9.63. The third-order valence-corrected chi connectivity index (χ3v) is 18.9. The minimum atomic E-state index is -0.441. The highest BCUT2D eigenvalue weighted by molar-refractivity contribution is 5.67. The van der Waals surface area contributed by atoms with E-state index in [2.05, 4.69) is 109 Å². The molecule has 2 N–H and O–H groups in total. The number of rotatable bonds is 20. The van der Waals surface area contributed by atoms with Gasteiger partial charge in [0.05, 0.1) is 70.2 Å². The molecule has 0 spiro atoms. The van der Waals surface area contributed by atoms with Crippen molar-refractivity contribution in [2.75, 3.05) is 46.2 Å². The van der Waals surface area contributed by atoms with E-state index < -0.39 is 31.3 Å². The van der Waals surface area contributed by atoms with E-state index in [1.807, 2.05) is 30.3 Å². The van der Waals surface area contributed by atoms with Crippen LogP contribution >= 0.6 is 0 Å². The standard InChI is InChI=1S/C56H95NO13/c1-30-35(6)46(24-58)66-52(41(30)12)61-27-48-37(8)32(3)43(14)54(68-48)63-29-50-39(10)34(5)44(15)55(70-50)64-28-49-38(9)33(4)42(13)53(69-49)62-26-47-36(7)31(2)40(11)51(67-47)60-23-19-22-57-56(59)65-25-45-20-17-16-18-21-45/h16-18,20-21,30-44,46-55,58H,19,22-29H2,1-15H3,(H,57,59)/t30-,31-,32-,33-,34-,35-,36-,37-,38-,39-,40?,41?,42?,43?,44?,46?,47?,48?,49?,50?,51+,52+,53+,54+,55+/m0/s1. The van der Waals surface area contributed by atoms with Gasteiger partial charge in [-0.15, -0.1) is 0 Å². The Morgan fingerprint density at radius 2 is 0.757 bits per heavy atom. The van der Waals surface area contributed by atoms with Gasteiger partial charge < -0.3 is 62.5 Å². The fraction of sp³-hybridized carbons (Fsp3) is 0.875. The van der Waals surface area contributed by atoms with Crippen LogP contribution in [0.1, 0.15) is 116 Å². The third kappa shape index (κ3) is 14.0. The van der Waals surface area contributed by atoms with Crippen LogP contribution in [-0.4, -0.2) is 119 Å². The molecule has 1 aromatic carbocycles. The summed E-state index contributed by atoms with van der Waals surface area (Å²) in [6.07, 6.45) is -2.72. The second-order valence-corrected chi connectivity index (χ2v) is 22.8. The molecule has 14 heteroatoms. The number of nitrogens with one attached hydrogen (secondary N) is 1. The zero-order valence-corrected chi connectivity index (χ0v) is 45.5. The van der Waals surface area contributed by atoms with Crippen molar-refractivity contribution >= 4 is 6.09 Å². The van der Waals surface area contributed by atoms with Crippen LogP contribution in [0.4, 0.5) is 4.79 Å². The minimum absolute atomic E-state index is 0.0141. The van der Waals surface area contributed by atoms with Crippen molar-refractivity contribution in [1.82, 2.24) is 5.32 Å². The summed E-state index contributed by atoms with van der Waals surface area (Å²) < 4.78 is 71.2. The van der Waals surface area contributed by atoms with E-state index in [1.165, 1.54) is 0 Å². The molecule has 0 aliphatic carbocycles. The summed E-state index contributed by atoms with van der Waals surface area (Å²) in [6.45, 7) is 36.1. The van der Waals surface area contributed by atoms with Crippen molar-refractivity contribution in [1.29, 1.82) is 0 Å². The quantitative estimate of drug-likeness (QED) is 0.120. The van der Waals surface area contributed by atoms with Crippen molar-refractivity contribution in [3.63, 3.8) is 0 Å². The van der Waals surface area contributed by atoms with Crippen molar-refractivity contribution in [2.45, 2.75) is 179 Å². The fourth-order valence-electron chi connectivity index (χ4n) is 11.4. The van der Waals surface area contributed by atoms with Gasteiger partial charge in [0.2, 0.25) is 0 Å². The maximum absolute atomic E-state index is 12.2. The Morgan fingerprint density at radius 3 is 1.10 bits per heavy atom. The number of hydrogen-bond donors (Lipinski definition) is 2. The number of carbonyl (C=O) groups excluding carboxylic acids is 1. The van der Waals surface area contributed by atoms with Crippen molar-refractivity contribution in [2.24, 2.45) is 88.8 Å². The highest BCUT2D eigenvalue weighted by Crippen LogP contribution is 2.42. The Kier molecular flexibility index (Phi) is 21.7. The summed E-state index contributed by atoms with van der Waals surface area (Å²) in [7, 11) is 0. The van der Waals surface area contributed by atoms with Gasteiger partial charge >= 0.3 is 6.09 Å². The molecule has 14 nitrogen and oxygen atoms in total. The molecule has 1 amide bonds. The topological polar surface area (TPSA) is 151 Å². The number of alkyl carbamates (subject to hydrolysis) is 1. The van der Waals surface area contributed by atoms with Crippen LogP contribution in [0.15, 0.2) is 30.3 Å². The number of carbonyl (C=O) groups is 1. The summed E-state index contributed by atoms with van der Waals surface area (Å²) >= 11 is 0. The number of aliphatic hydroxyl groups excluding tert-OH is 1. The van der Waals surface area contributed by atoms with Gasteiger partial charge in [0.15, 0.2) is 31.5 Å². The Labute approximate surface area is 421 Å². The summed E-state index contributed by atoms with van der Waals surface area (Å²) in [5, 5.41) is 12.8. The number of benzene rings is 1. The van der Waals surface area contributed by atoms with Gasteiger partial charge in [0.1, 0.15) is 6.61 Å². The average Bonchev–Trinajstić information content (AvgIpc) is 3.36. The van der Waals surface area contributed by atoms with E-state index in [-0.39, 0.29) is 109 Å². The van der Waals surface area contributed by atoms with Gasteiger partial charge in [-0.2, -0.15) is 0 Å². The lowest BCUT2D eigenvalue weighted by Crippen LogP contribution is -2.53. The molecule has 5 heterocycles. The molecule has 25 atom stereocenters. The van der Waals surface area contributed by atoms with Gasteiger partial charge in [-0.3, -0.25) is 0 Å². The van der Waals surface area contributed by atoms with E-state index in [9.17, 15) is 9.90 Å². The minimum Gasteiger partial charge on any atom is -0.445 e. The summed E-state index contributed by atoms with van der Waals surface area (Å²) in [5.74, 6) is 3.93. The molecule has 5 aliphatic rings. The van der Waals surface area contributed by atoms with Gasteiger partial charge in [0.25, 0.3) is 0 Å². The van der Waals surface area contributed by atoms with Crippen LogP contribution in [0.3, 0.4) is 0 Å². The van der Waals surface area contributed by atoms with Crippen molar-refractivity contribution < 1.29 is 62.0 Å². The van der Waals surface area contributed by atoms with Crippen molar-refractivity contribution in [3.8, 4) is 0 Å². The Balaban J connectivity index is 0.965. The molecule has 5 saturated heterocycles. The maximum atomic E-state index is 12.2. The lowest BCUT2D eigenvalue weighted by molar-refractivity contribution is -0.315. The lowest BCUT2D eigenvalue weighted by Gasteiger charge is -2.47. The highest BCUT2D eigenvalue weighted by Gasteiger charge is 2.47. The molecule has 0 aromatic heterocycles. The Hall–Kier alpha value is -1.95. The third-order valence-electron chi connectivity index (χ3n) is 18.9. The molecule has 5 aliphatic heterocycles. The smallest absolute Gasteiger partial charge is 0.407 e. The highest BCUT2D eigenvalue weighted by atomic mass is 16.7. The normalized spacial score (nSPS) is 44.7. The Bertz CT molecular complexity index is 1690. The molecule has 0 radical (unpaired) electrons. The van der Waals surface area contributed by atoms with Crippen LogP contribution in [-0.2, 0) is 58.7 Å².